The van der Waals surface area contributed by atoms with Crippen LogP contribution < -0.4 is 5.32 Å². The van der Waals surface area contributed by atoms with Gasteiger partial charge in [0, 0.05) is 18.0 Å². The molecule has 0 saturated carbocycles. The van der Waals surface area contributed by atoms with Crippen LogP contribution in [-0.4, -0.2) is 28.3 Å². The number of nitrogens with one attached hydrogen (secondary N) is 1. The fourth-order valence-corrected chi connectivity index (χ4v) is 2.38. The van der Waals surface area contributed by atoms with Gasteiger partial charge in [-0.3, -0.25) is 0 Å². The molecule has 2 heterocycles. The zero-order valence-corrected chi connectivity index (χ0v) is 8.26. The SMILES string of the molecule is c1cc(SCC2CCCN2)ncn1. The maximum atomic E-state index is 4.16. The molecule has 70 valence electrons. The van der Waals surface area contributed by atoms with E-state index >= 15 is 0 Å². The second-order valence-electron chi connectivity index (χ2n) is 3.15. The van der Waals surface area contributed by atoms with Crippen molar-refractivity contribution in [1.29, 1.82) is 0 Å². The minimum atomic E-state index is 0.681. The molecule has 4 heteroatoms. The van der Waals surface area contributed by atoms with Crippen molar-refractivity contribution in [3.63, 3.8) is 0 Å². The molecule has 0 amide bonds. The van der Waals surface area contributed by atoms with Gasteiger partial charge in [-0.05, 0) is 25.5 Å². The molecule has 1 saturated heterocycles. The Kier molecular flexibility index (Phi) is 3.16. The Hall–Kier alpha value is -0.610. The van der Waals surface area contributed by atoms with Crippen molar-refractivity contribution in [2.45, 2.75) is 23.9 Å². The maximum absolute atomic E-state index is 4.16. The molecule has 1 aliphatic rings. The lowest BCUT2D eigenvalue weighted by Crippen LogP contribution is -2.23. The number of thioether (sulfide) groups is 1. The van der Waals surface area contributed by atoms with Crippen LogP contribution in [0.25, 0.3) is 0 Å². The van der Waals surface area contributed by atoms with Gasteiger partial charge in [-0.2, -0.15) is 0 Å². The Balaban J connectivity index is 1.79. The van der Waals surface area contributed by atoms with Gasteiger partial charge in [0.15, 0.2) is 0 Å². The van der Waals surface area contributed by atoms with Crippen molar-refractivity contribution in [1.82, 2.24) is 15.3 Å². The van der Waals surface area contributed by atoms with Gasteiger partial charge in [0.2, 0.25) is 0 Å². The van der Waals surface area contributed by atoms with Gasteiger partial charge in [-0.25, -0.2) is 9.97 Å². The van der Waals surface area contributed by atoms with Gasteiger partial charge in [0.1, 0.15) is 6.33 Å². The van der Waals surface area contributed by atoms with Crippen molar-refractivity contribution >= 4 is 11.8 Å². The third kappa shape index (κ3) is 2.67. The smallest absolute Gasteiger partial charge is 0.116 e. The van der Waals surface area contributed by atoms with Crippen molar-refractivity contribution in [2.75, 3.05) is 12.3 Å². The summed E-state index contributed by atoms with van der Waals surface area (Å²) in [5.74, 6) is 1.12. The van der Waals surface area contributed by atoms with Gasteiger partial charge in [-0.15, -0.1) is 11.8 Å². The van der Waals surface area contributed by atoms with E-state index in [0.717, 1.165) is 10.8 Å². The summed E-state index contributed by atoms with van der Waals surface area (Å²) in [5, 5.41) is 4.54. The summed E-state index contributed by atoms with van der Waals surface area (Å²) in [6.45, 7) is 1.18. The molecule has 1 atom stereocenters. The summed E-state index contributed by atoms with van der Waals surface area (Å²) in [5.41, 5.74) is 0. The second kappa shape index (κ2) is 4.58. The highest BCUT2D eigenvalue weighted by molar-refractivity contribution is 7.99. The molecule has 13 heavy (non-hydrogen) atoms. The lowest BCUT2D eigenvalue weighted by molar-refractivity contribution is 0.673. The van der Waals surface area contributed by atoms with E-state index in [1.54, 1.807) is 24.3 Å². The van der Waals surface area contributed by atoms with Crippen molar-refractivity contribution in [3.8, 4) is 0 Å². The molecule has 0 radical (unpaired) electrons. The molecule has 2 rings (SSSR count). The molecule has 0 aliphatic carbocycles. The quantitative estimate of drug-likeness (QED) is 0.583. The number of hydrogen-bond acceptors (Lipinski definition) is 4. The Bertz CT molecular complexity index is 246. The molecule has 1 aliphatic heterocycles. The highest BCUT2D eigenvalue weighted by atomic mass is 32.2. The highest BCUT2D eigenvalue weighted by Gasteiger charge is 2.13. The van der Waals surface area contributed by atoms with Crippen molar-refractivity contribution < 1.29 is 0 Å². The standard InChI is InChI=1S/C9H13N3S/c1-2-8(11-4-1)6-13-9-3-5-10-7-12-9/h3,5,7-8,11H,1-2,4,6H2. The van der Waals surface area contributed by atoms with E-state index in [2.05, 4.69) is 15.3 Å². The van der Waals surface area contributed by atoms with E-state index < -0.39 is 0 Å². The summed E-state index contributed by atoms with van der Waals surface area (Å²) in [7, 11) is 0. The minimum absolute atomic E-state index is 0.681. The van der Waals surface area contributed by atoms with Crippen molar-refractivity contribution in [2.24, 2.45) is 0 Å². The molecule has 0 aromatic carbocycles. The molecule has 1 fully saturated rings. The second-order valence-corrected chi connectivity index (χ2v) is 4.19. The van der Waals surface area contributed by atoms with Crippen LogP contribution in [0.5, 0.6) is 0 Å². The summed E-state index contributed by atoms with van der Waals surface area (Å²) in [6, 6.07) is 2.64. The first-order valence-electron chi connectivity index (χ1n) is 4.57. The van der Waals surface area contributed by atoms with Gasteiger partial charge in [0.25, 0.3) is 0 Å². The molecular formula is C9H13N3S. The zero-order chi connectivity index (χ0) is 8.93. The zero-order valence-electron chi connectivity index (χ0n) is 7.44. The van der Waals surface area contributed by atoms with E-state index in [4.69, 9.17) is 0 Å². The molecule has 0 spiro atoms. The van der Waals surface area contributed by atoms with E-state index in [1.165, 1.54) is 19.4 Å². The number of nitrogens with zero attached hydrogens (tertiary/aromatic N) is 2. The third-order valence-corrected chi connectivity index (χ3v) is 3.26. The Morgan fingerprint density at radius 2 is 2.62 bits per heavy atom. The number of aromatic nitrogens is 2. The highest BCUT2D eigenvalue weighted by Crippen LogP contribution is 2.18. The van der Waals surface area contributed by atoms with E-state index in [-0.39, 0.29) is 0 Å². The molecule has 3 nitrogen and oxygen atoms in total. The average molecular weight is 195 g/mol. The van der Waals surface area contributed by atoms with Crippen LogP contribution in [0.1, 0.15) is 12.8 Å². The largest absolute Gasteiger partial charge is 0.313 e. The van der Waals surface area contributed by atoms with E-state index in [0.29, 0.717) is 6.04 Å². The normalized spacial score (nSPS) is 22.0. The van der Waals surface area contributed by atoms with Crippen LogP contribution in [0.3, 0.4) is 0 Å². The van der Waals surface area contributed by atoms with Gasteiger partial charge in [0.05, 0.1) is 5.03 Å². The minimum Gasteiger partial charge on any atom is -0.313 e. The average Bonchev–Trinajstić information content (AvgIpc) is 2.69. The van der Waals surface area contributed by atoms with Crippen LogP contribution in [0.2, 0.25) is 0 Å². The lowest BCUT2D eigenvalue weighted by Gasteiger charge is -2.07. The van der Waals surface area contributed by atoms with Crippen LogP contribution in [-0.2, 0) is 0 Å². The molecule has 0 bridgehead atoms. The summed E-state index contributed by atoms with van der Waals surface area (Å²) in [6.07, 6.45) is 6.01. The summed E-state index contributed by atoms with van der Waals surface area (Å²) < 4.78 is 0. The Morgan fingerprint density at radius 1 is 1.62 bits per heavy atom. The predicted molar refractivity (Wildman–Crippen MR) is 53.8 cm³/mol. The first kappa shape index (κ1) is 8.97. The monoisotopic (exact) mass is 195 g/mol. The molecular weight excluding hydrogens is 182 g/mol. The molecule has 1 unspecified atom stereocenters. The van der Waals surface area contributed by atoms with Crippen LogP contribution in [0, 0.1) is 0 Å². The van der Waals surface area contributed by atoms with Crippen LogP contribution in [0.4, 0.5) is 0 Å². The van der Waals surface area contributed by atoms with Crippen LogP contribution >= 0.6 is 11.8 Å². The topological polar surface area (TPSA) is 37.8 Å². The Labute approximate surface area is 82.4 Å². The van der Waals surface area contributed by atoms with Gasteiger partial charge >= 0.3 is 0 Å². The molecule has 1 aromatic rings. The summed E-state index contributed by atoms with van der Waals surface area (Å²) >= 11 is 1.80. The maximum Gasteiger partial charge on any atom is 0.116 e. The lowest BCUT2D eigenvalue weighted by atomic mass is 10.3. The van der Waals surface area contributed by atoms with Gasteiger partial charge in [-0.1, -0.05) is 0 Å². The number of rotatable bonds is 3. The number of hydrogen-bond donors (Lipinski definition) is 1. The molecule has 1 N–H and O–H groups in total. The first-order chi connectivity index (χ1) is 6.45. The Morgan fingerprint density at radius 3 is 3.31 bits per heavy atom. The van der Waals surface area contributed by atoms with Crippen molar-refractivity contribution in [3.05, 3.63) is 18.6 Å². The fourth-order valence-electron chi connectivity index (χ4n) is 1.45. The van der Waals surface area contributed by atoms with E-state index in [1.807, 2.05) is 6.07 Å². The first-order valence-corrected chi connectivity index (χ1v) is 5.56. The predicted octanol–water partition coefficient (Wildman–Crippen LogP) is 1.32. The van der Waals surface area contributed by atoms with Gasteiger partial charge < -0.3 is 5.32 Å². The van der Waals surface area contributed by atoms with Crippen LogP contribution in [0.15, 0.2) is 23.6 Å². The third-order valence-electron chi connectivity index (χ3n) is 2.15. The molecule has 1 aromatic heterocycles. The fraction of sp³-hybridized carbons (Fsp3) is 0.556. The van der Waals surface area contributed by atoms with E-state index in [9.17, 15) is 0 Å². The summed E-state index contributed by atoms with van der Waals surface area (Å²) in [4.78, 5) is 8.05.